The Bertz CT molecular complexity index is 1660. The summed E-state index contributed by atoms with van der Waals surface area (Å²) < 4.78 is 17.0. The Morgan fingerprint density at radius 3 is 0.759 bits per heavy atom. The molecule has 0 N–H and O–H groups in total. The average Bonchev–Trinajstić information content (AvgIpc) is 3.49. The number of allylic oxidation sites excluding steroid dienone is 18. The molecule has 0 radical (unpaired) electrons. The normalized spacial score (nSPS) is 12.8. The van der Waals surface area contributed by atoms with Gasteiger partial charge in [0.2, 0.25) is 0 Å². The van der Waals surface area contributed by atoms with Crippen LogP contribution in [0.5, 0.6) is 0 Å². The van der Waals surface area contributed by atoms with Gasteiger partial charge in [0.1, 0.15) is 13.2 Å². The zero-order valence-electron chi connectivity index (χ0n) is 54.7. The van der Waals surface area contributed by atoms with Crippen molar-refractivity contribution >= 4 is 17.9 Å². The highest BCUT2D eigenvalue weighted by atomic mass is 16.6. The van der Waals surface area contributed by atoms with Gasteiger partial charge in [-0.1, -0.05) is 323 Å². The number of hydrogen-bond donors (Lipinski definition) is 0. The molecule has 0 aliphatic carbocycles. The number of unbranched alkanes of at least 4 members (excludes halogenated alkanes) is 35. The van der Waals surface area contributed by atoms with E-state index in [9.17, 15) is 14.4 Å². The molecule has 0 saturated heterocycles. The van der Waals surface area contributed by atoms with E-state index in [-0.39, 0.29) is 31.1 Å². The van der Waals surface area contributed by atoms with Gasteiger partial charge in [-0.05, 0) is 109 Å². The van der Waals surface area contributed by atoms with E-state index in [2.05, 4.69) is 130 Å². The lowest BCUT2D eigenvalue weighted by Gasteiger charge is -2.18. The zero-order valence-corrected chi connectivity index (χ0v) is 54.7. The molecule has 83 heavy (non-hydrogen) atoms. The van der Waals surface area contributed by atoms with Crippen LogP contribution in [0.2, 0.25) is 0 Å². The molecule has 0 amide bonds. The lowest BCUT2D eigenvalue weighted by atomic mass is 10.0. The van der Waals surface area contributed by atoms with Gasteiger partial charge < -0.3 is 14.2 Å². The molecule has 0 aromatic carbocycles. The van der Waals surface area contributed by atoms with Crippen LogP contribution in [0.15, 0.2) is 109 Å². The summed E-state index contributed by atoms with van der Waals surface area (Å²) in [5.41, 5.74) is 0. The predicted octanol–water partition coefficient (Wildman–Crippen LogP) is 24.6. The maximum absolute atomic E-state index is 13.0. The van der Waals surface area contributed by atoms with E-state index >= 15 is 0 Å². The molecule has 0 bridgehead atoms. The van der Waals surface area contributed by atoms with Crippen molar-refractivity contribution < 1.29 is 28.6 Å². The van der Waals surface area contributed by atoms with E-state index in [0.717, 1.165) is 128 Å². The fourth-order valence-electron chi connectivity index (χ4n) is 9.99. The monoisotopic (exact) mass is 1150 g/mol. The first-order valence-corrected chi connectivity index (χ1v) is 35.4. The summed E-state index contributed by atoms with van der Waals surface area (Å²) in [4.78, 5) is 38.5. The van der Waals surface area contributed by atoms with Crippen LogP contribution in [0.4, 0.5) is 0 Å². The molecule has 476 valence electrons. The molecule has 0 heterocycles. The first-order valence-electron chi connectivity index (χ1n) is 35.4. The van der Waals surface area contributed by atoms with Crippen LogP contribution in [-0.4, -0.2) is 37.2 Å². The van der Waals surface area contributed by atoms with Gasteiger partial charge in [0, 0.05) is 19.3 Å². The lowest BCUT2D eigenvalue weighted by Crippen LogP contribution is -2.30. The average molecular weight is 1150 g/mol. The van der Waals surface area contributed by atoms with Gasteiger partial charge in [-0.15, -0.1) is 0 Å². The second kappa shape index (κ2) is 70.6. The van der Waals surface area contributed by atoms with Crippen LogP contribution in [0.1, 0.15) is 342 Å². The van der Waals surface area contributed by atoms with Crippen molar-refractivity contribution in [2.75, 3.05) is 13.2 Å². The van der Waals surface area contributed by atoms with Crippen LogP contribution in [0.25, 0.3) is 0 Å². The topological polar surface area (TPSA) is 78.9 Å². The quantitative estimate of drug-likeness (QED) is 0.0261. The van der Waals surface area contributed by atoms with Gasteiger partial charge in [-0.2, -0.15) is 0 Å². The third-order valence-corrected chi connectivity index (χ3v) is 15.3. The highest BCUT2D eigenvalue weighted by molar-refractivity contribution is 5.71. The first kappa shape index (κ1) is 79.1. The Morgan fingerprint density at radius 1 is 0.253 bits per heavy atom. The molecule has 0 aliphatic rings. The fraction of sp³-hybridized carbons (Fsp3) is 0.727. The van der Waals surface area contributed by atoms with Gasteiger partial charge in [0.25, 0.3) is 0 Å². The van der Waals surface area contributed by atoms with E-state index in [1.165, 1.54) is 173 Å². The third kappa shape index (κ3) is 68.7. The number of esters is 3. The Kier molecular flexibility index (Phi) is 67.2. The molecule has 0 spiro atoms. The standard InChI is InChI=1S/C77H132O6/c1-4-7-10-13-16-19-22-25-28-31-34-36-38-40-43-46-49-52-55-58-61-64-67-70-76(79)82-73-74(72-81-75(78)69-66-63-60-57-54-51-48-45-42-33-30-27-24-21-18-15-12-9-6-3)83-77(80)71-68-65-62-59-56-53-50-47-44-41-39-37-35-32-29-26-23-20-17-14-11-8-5-2/h7,10,16,18-19,21,25,27-28,30,34,36,40,42-43,45,49,52,74H,4-6,8-9,11-15,17,20,22-24,26,29,31-33,35,37-39,41,44,46-48,50-51,53-73H2,1-3H3/b10-7-,19-16-,21-18-,28-25-,30-27-,36-34-,43-40-,45-42-,52-49-. The predicted molar refractivity (Wildman–Crippen MR) is 362 cm³/mol. The largest absolute Gasteiger partial charge is 0.462 e. The molecule has 0 fully saturated rings. The summed E-state index contributed by atoms with van der Waals surface area (Å²) in [7, 11) is 0. The minimum absolute atomic E-state index is 0.0919. The van der Waals surface area contributed by atoms with E-state index in [0.29, 0.717) is 19.3 Å². The third-order valence-electron chi connectivity index (χ3n) is 15.3. The molecular weight excluding hydrogens is 1020 g/mol. The van der Waals surface area contributed by atoms with Gasteiger partial charge in [-0.25, -0.2) is 0 Å². The summed E-state index contributed by atoms with van der Waals surface area (Å²) in [6.07, 6.45) is 96.8. The molecule has 0 saturated carbocycles. The summed E-state index contributed by atoms with van der Waals surface area (Å²) in [5.74, 6) is -0.913. The van der Waals surface area contributed by atoms with E-state index in [1.54, 1.807) is 0 Å². The van der Waals surface area contributed by atoms with E-state index in [4.69, 9.17) is 14.2 Å². The Morgan fingerprint density at radius 2 is 0.470 bits per heavy atom. The van der Waals surface area contributed by atoms with Crippen LogP contribution < -0.4 is 0 Å². The lowest BCUT2D eigenvalue weighted by molar-refractivity contribution is -0.167. The second-order valence-electron chi connectivity index (χ2n) is 23.4. The molecule has 6 heteroatoms. The number of carbonyl (C=O) groups excluding carboxylic acids is 3. The summed E-state index contributed by atoms with van der Waals surface area (Å²) in [5, 5.41) is 0. The summed E-state index contributed by atoms with van der Waals surface area (Å²) >= 11 is 0. The first-order chi connectivity index (χ1) is 41.0. The van der Waals surface area contributed by atoms with Gasteiger partial charge in [0.15, 0.2) is 6.10 Å². The van der Waals surface area contributed by atoms with Crippen molar-refractivity contribution in [2.24, 2.45) is 0 Å². The fourth-order valence-corrected chi connectivity index (χ4v) is 9.99. The Labute approximate surface area is 514 Å². The zero-order chi connectivity index (χ0) is 59.9. The highest BCUT2D eigenvalue weighted by Crippen LogP contribution is 2.17. The molecule has 0 aromatic heterocycles. The van der Waals surface area contributed by atoms with Crippen molar-refractivity contribution in [1.82, 2.24) is 0 Å². The van der Waals surface area contributed by atoms with Crippen molar-refractivity contribution in [3.05, 3.63) is 109 Å². The van der Waals surface area contributed by atoms with Crippen LogP contribution >= 0.6 is 0 Å². The molecule has 6 nitrogen and oxygen atoms in total. The maximum Gasteiger partial charge on any atom is 0.306 e. The summed E-state index contributed by atoms with van der Waals surface area (Å²) in [6, 6.07) is 0. The summed E-state index contributed by atoms with van der Waals surface area (Å²) in [6.45, 7) is 6.51. The minimum atomic E-state index is -0.798. The van der Waals surface area contributed by atoms with Gasteiger partial charge in [-0.3, -0.25) is 14.4 Å². The Hall–Kier alpha value is -3.93. The van der Waals surface area contributed by atoms with Crippen molar-refractivity contribution in [2.45, 2.75) is 348 Å². The van der Waals surface area contributed by atoms with Crippen LogP contribution in [0, 0.1) is 0 Å². The van der Waals surface area contributed by atoms with E-state index in [1.807, 2.05) is 0 Å². The van der Waals surface area contributed by atoms with Crippen LogP contribution in [-0.2, 0) is 28.6 Å². The minimum Gasteiger partial charge on any atom is -0.462 e. The molecule has 1 unspecified atom stereocenters. The highest BCUT2D eigenvalue weighted by Gasteiger charge is 2.19. The SMILES string of the molecule is CC/C=C\C/C=C\C/C=C\C/C=C\C/C=C\C/C=C\CCCCCCC(=O)OCC(COC(=O)CCCCCCCC/C=C\C/C=C\C/C=C\CCCCC)OC(=O)CCCCCCCCCCCCCCCCCCCCCCCCC. The molecule has 0 rings (SSSR count). The van der Waals surface area contributed by atoms with Gasteiger partial charge >= 0.3 is 17.9 Å². The number of carbonyl (C=O) groups is 3. The molecule has 1 atom stereocenters. The van der Waals surface area contributed by atoms with E-state index < -0.39 is 6.10 Å². The number of ether oxygens (including phenoxy) is 3. The van der Waals surface area contributed by atoms with Crippen molar-refractivity contribution in [3.63, 3.8) is 0 Å². The number of hydrogen-bond acceptors (Lipinski definition) is 6. The van der Waals surface area contributed by atoms with Gasteiger partial charge in [0.05, 0.1) is 0 Å². The second-order valence-corrected chi connectivity index (χ2v) is 23.4. The maximum atomic E-state index is 13.0. The number of rotatable bonds is 64. The molecule has 0 aromatic rings. The van der Waals surface area contributed by atoms with Crippen molar-refractivity contribution in [3.8, 4) is 0 Å². The molecular formula is C77H132O6. The Balaban J connectivity index is 4.43. The van der Waals surface area contributed by atoms with Crippen molar-refractivity contribution in [1.29, 1.82) is 0 Å². The molecule has 0 aliphatic heterocycles. The smallest absolute Gasteiger partial charge is 0.306 e. The van der Waals surface area contributed by atoms with Crippen LogP contribution in [0.3, 0.4) is 0 Å².